The van der Waals surface area contributed by atoms with Gasteiger partial charge in [0.15, 0.2) is 0 Å². The van der Waals surface area contributed by atoms with Gasteiger partial charge in [0, 0.05) is 9.89 Å². The van der Waals surface area contributed by atoms with Crippen molar-refractivity contribution in [1.82, 2.24) is 0 Å². The maximum atomic E-state index is 11.6. The Hall–Kier alpha value is -1.35. The highest BCUT2D eigenvalue weighted by atomic mass is 79.9. The molecule has 0 N–H and O–H groups in total. The van der Waals surface area contributed by atoms with Crippen molar-refractivity contribution < 1.29 is 9.90 Å². The largest absolute Gasteiger partial charge is 0.549 e. The second kappa shape index (κ2) is 4.64. The Morgan fingerprint density at radius 3 is 2.37 bits per heavy atom. The Bertz CT molecular complexity index is 642. The Morgan fingerprint density at radius 2 is 1.68 bits per heavy atom. The van der Waals surface area contributed by atoms with Crippen LogP contribution in [-0.2, 0) is 10.2 Å². The Labute approximate surface area is 120 Å². The molecular weight excluding hydrogens is 304 g/mol. The van der Waals surface area contributed by atoms with Crippen LogP contribution in [0.1, 0.15) is 31.2 Å². The van der Waals surface area contributed by atoms with E-state index in [-0.39, 0.29) is 0 Å². The van der Waals surface area contributed by atoms with E-state index in [2.05, 4.69) is 15.9 Å². The van der Waals surface area contributed by atoms with Gasteiger partial charge >= 0.3 is 0 Å². The van der Waals surface area contributed by atoms with Gasteiger partial charge in [-0.15, -0.1) is 0 Å². The van der Waals surface area contributed by atoms with Gasteiger partial charge < -0.3 is 9.90 Å². The number of benzene rings is 2. The molecule has 0 bridgehead atoms. The van der Waals surface area contributed by atoms with Gasteiger partial charge in [-0.3, -0.25) is 0 Å². The van der Waals surface area contributed by atoms with E-state index in [0.717, 1.165) is 33.7 Å². The van der Waals surface area contributed by atoms with Gasteiger partial charge in [-0.2, -0.15) is 0 Å². The highest BCUT2D eigenvalue weighted by Gasteiger charge is 2.37. The number of carboxylic acids is 1. The lowest BCUT2D eigenvalue weighted by Crippen LogP contribution is -2.43. The zero-order valence-electron chi connectivity index (χ0n) is 10.5. The highest BCUT2D eigenvalue weighted by Crippen LogP contribution is 2.41. The van der Waals surface area contributed by atoms with E-state index in [1.807, 2.05) is 36.4 Å². The Morgan fingerprint density at radius 1 is 1.05 bits per heavy atom. The Kier molecular flexibility index (Phi) is 3.09. The normalized spacial score (nSPS) is 17.7. The first kappa shape index (κ1) is 12.7. The number of aliphatic carboxylic acids is 1. The average molecular weight is 318 g/mol. The molecule has 0 saturated heterocycles. The van der Waals surface area contributed by atoms with Gasteiger partial charge in [0.2, 0.25) is 0 Å². The lowest BCUT2D eigenvalue weighted by Gasteiger charge is -2.31. The van der Waals surface area contributed by atoms with Gasteiger partial charge in [-0.05, 0) is 41.3 Å². The van der Waals surface area contributed by atoms with Crippen molar-refractivity contribution in [2.75, 3.05) is 0 Å². The number of hydrogen-bond donors (Lipinski definition) is 0. The molecule has 3 rings (SSSR count). The van der Waals surface area contributed by atoms with Crippen LogP contribution in [0.4, 0.5) is 0 Å². The summed E-state index contributed by atoms with van der Waals surface area (Å²) >= 11 is 3.45. The van der Waals surface area contributed by atoms with Gasteiger partial charge in [0.1, 0.15) is 0 Å². The van der Waals surface area contributed by atoms with Crippen LogP contribution in [-0.4, -0.2) is 5.97 Å². The maximum absolute atomic E-state index is 11.6. The summed E-state index contributed by atoms with van der Waals surface area (Å²) < 4.78 is 1.03. The van der Waals surface area contributed by atoms with Crippen molar-refractivity contribution in [2.45, 2.75) is 31.1 Å². The van der Waals surface area contributed by atoms with Crippen molar-refractivity contribution in [3.8, 4) is 0 Å². The molecule has 2 aromatic carbocycles. The molecule has 0 spiro atoms. The number of rotatable bonds is 2. The topological polar surface area (TPSA) is 40.1 Å². The molecule has 0 aliphatic heterocycles. The summed E-state index contributed by atoms with van der Waals surface area (Å²) in [7, 11) is 0. The fourth-order valence-electron chi connectivity index (χ4n) is 3.10. The van der Waals surface area contributed by atoms with Crippen LogP contribution in [0.2, 0.25) is 0 Å². The first-order valence-corrected chi connectivity index (χ1v) is 7.32. The molecule has 2 nitrogen and oxygen atoms in total. The fraction of sp³-hybridized carbons (Fsp3) is 0.312. The third kappa shape index (κ3) is 2.06. The van der Waals surface area contributed by atoms with Gasteiger partial charge in [-0.25, -0.2) is 0 Å². The first-order valence-electron chi connectivity index (χ1n) is 6.53. The van der Waals surface area contributed by atoms with Gasteiger partial charge in [0.05, 0.1) is 5.97 Å². The number of halogens is 1. The number of carbonyl (C=O) groups is 1. The van der Waals surface area contributed by atoms with E-state index in [0.29, 0.717) is 12.8 Å². The number of carboxylic acid groups (broad SMARTS) is 1. The van der Waals surface area contributed by atoms with Crippen LogP contribution < -0.4 is 5.11 Å². The van der Waals surface area contributed by atoms with Crippen molar-refractivity contribution in [3.63, 3.8) is 0 Å². The minimum absolute atomic E-state index is 0.692. The zero-order chi connectivity index (χ0) is 13.5. The summed E-state index contributed by atoms with van der Waals surface area (Å²) in [6, 6.07) is 12.0. The van der Waals surface area contributed by atoms with E-state index in [1.54, 1.807) is 0 Å². The smallest absolute Gasteiger partial charge is 0.0520 e. The average Bonchev–Trinajstić information content (AvgIpc) is 2.88. The van der Waals surface area contributed by atoms with Crippen LogP contribution in [0, 0.1) is 0 Å². The lowest BCUT2D eigenvalue weighted by atomic mass is 9.78. The molecule has 1 aliphatic carbocycles. The number of carbonyl (C=O) groups excluding carboxylic acids is 1. The molecule has 0 heterocycles. The van der Waals surface area contributed by atoms with E-state index in [4.69, 9.17) is 0 Å². The van der Waals surface area contributed by atoms with E-state index in [9.17, 15) is 9.90 Å². The molecule has 19 heavy (non-hydrogen) atoms. The number of hydrogen-bond acceptors (Lipinski definition) is 2. The zero-order valence-corrected chi connectivity index (χ0v) is 12.1. The van der Waals surface area contributed by atoms with Crippen LogP contribution in [0.5, 0.6) is 0 Å². The predicted octanol–water partition coefficient (Wildman–Crippen LogP) is 3.16. The lowest BCUT2D eigenvalue weighted by molar-refractivity contribution is -0.313. The van der Waals surface area contributed by atoms with Crippen LogP contribution in [0.3, 0.4) is 0 Å². The summed E-state index contributed by atoms with van der Waals surface area (Å²) in [6.45, 7) is 0. The van der Waals surface area contributed by atoms with E-state index >= 15 is 0 Å². The summed E-state index contributed by atoms with van der Waals surface area (Å²) in [5.41, 5.74) is 0.112. The summed E-state index contributed by atoms with van der Waals surface area (Å²) in [4.78, 5) is 11.6. The van der Waals surface area contributed by atoms with Crippen LogP contribution in [0.25, 0.3) is 10.8 Å². The van der Waals surface area contributed by atoms with Gasteiger partial charge in [0.25, 0.3) is 0 Å². The highest BCUT2D eigenvalue weighted by molar-refractivity contribution is 9.10. The van der Waals surface area contributed by atoms with Crippen molar-refractivity contribution >= 4 is 32.7 Å². The van der Waals surface area contributed by atoms with Crippen molar-refractivity contribution in [2.24, 2.45) is 0 Å². The molecule has 0 amide bonds. The third-order valence-corrected chi connectivity index (χ3v) is 4.70. The summed E-state index contributed by atoms with van der Waals surface area (Å²) in [5.74, 6) is -0.929. The molecule has 0 unspecified atom stereocenters. The second-order valence-corrected chi connectivity index (χ2v) is 6.20. The molecule has 0 aromatic heterocycles. The summed E-state index contributed by atoms with van der Waals surface area (Å²) in [6.07, 6.45) is 3.31. The van der Waals surface area contributed by atoms with Crippen molar-refractivity contribution in [3.05, 3.63) is 46.4 Å². The predicted molar refractivity (Wildman–Crippen MR) is 76.8 cm³/mol. The first-order chi connectivity index (χ1) is 9.12. The van der Waals surface area contributed by atoms with E-state index in [1.165, 1.54) is 0 Å². The third-order valence-electron chi connectivity index (χ3n) is 4.20. The van der Waals surface area contributed by atoms with E-state index < -0.39 is 11.4 Å². The van der Waals surface area contributed by atoms with Crippen LogP contribution >= 0.6 is 15.9 Å². The minimum atomic E-state index is -0.929. The van der Waals surface area contributed by atoms with Gasteiger partial charge in [-0.1, -0.05) is 53.0 Å². The fourth-order valence-corrected chi connectivity index (χ4v) is 3.48. The molecule has 1 fully saturated rings. The molecule has 1 saturated carbocycles. The molecule has 0 radical (unpaired) electrons. The molecule has 2 aromatic rings. The maximum Gasteiger partial charge on any atom is 0.0520 e. The van der Waals surface area contributed by atoms with Crippen LogP contribution in [0.15, 0.2) is 40.9 Å². The molecule has 0 atom stereocenters. The minimum Gasteiger partial charge on any atom is -0.549 e. The monoisotopic (exact) mass is 317 g/mol. The number of fused-ring (bicyclic) bond motifs is 1. The summed E-state index contributed by atoms with van der Waals surface area (Å²) in [5, 5.41) is 13.8. The SMILES string of the molecule is O=C([O-])C1(c2ccc3cc(Br)ccc3c2)CCCC1. The van der Waals surface area contributed by atoms with Crippen molar-refractivity contribution in [1.29, 1.82) is 0 Å². The quantitative estimate of drug-likeness (QED) is 0.853. The molecule has 3 heteroatoms. The molecule has 98 valence electrons. The second-order valence-electron chi connectivity index (χ2n) is 5.28. The Balaban J connectivity index is 2.14. The molecule has 1 aliphatic rings. The molecular formula is C16H14BrO2-. The standard InChI is InChI=1S/C16H15BrO2/c17-14-6-4-11-9-13(5-3-12(11)10-14)16(15(18)19)7-1-2-8-16/h3-6,9-10H,1-2,7-8H2,(H,18,19)/p-1.